The predicted molar refractivity (Wildman–Crippen MR) is 197 cm³/mol. The molecule has 0 amide bonds. The first-order chi connectivity index (χ1) is 23.7. The van der Waals surface area contributed by atoms with Gasteiger partial charge in [0.1, 0.15) is 5.75 Å². The summed E-state index contributed by atoms with van der Waals surface area (Å²) in [5.74, 6) is 3.64. The van der Waals surface area contributed by atoms with Crippen molar-refractivity contribution in [3.63, 3.8) is 0 Å². The summed E-state index contributed by atoms with van der Waals surface area (Å²) in [4.78, 5) is 2.30. The lowest BCUT2D eigenvalue weighted by Crippen LogP contribution is -2.55. The molecular weight excluding hydrogens is 583 g/mol. The van der Waals surface area contributed by atoms with Crippen molar-refractivity contribution in [3.8, 4) is 39.1 Å². The van der Waals surface area contributed by atoms with Crippen molar-refractivity contribution in [1.29, 1.82) is 0 Å². The van der Waals surface area contributed by atoms with Gasteiger partial charge in [-0.25, -0.2) is 0 Å². The van der Waals surface area contributed by atoms with Gasteiger partial charge in [0.05, 0.1) is 0 Å². The van der Waals surface area contributed by atoms with Gasteiger partial charge in [-0.15, -0.1) is 0 Å². The van der Waals surface area contributed by atoms with Crippen LogP contribution in [0, 0.1) is 23.7 Å². The Morgan fingerprint density at radius 1 is 0.458 bits per heavy atom. The topological polar surface area (TPSA) is 23.5 Å². The zero-order chi connectivity index (χ0) is 31.8. The molecular formula is C46H39NO. The fraction of sp³-hybridized carbons (Fsp3) is 0.217. The van der Waals surface area contributed by atoms with Crippen LogP contribution in [-0.2, 0) is 5.41 Å². The number of phenolic OH excluding ortho intramolecular Hbond substituents is 1. The molecule has 6 aromatic rings. The molecule has 4 fully saturated rings. The van der Waals surface area contributed by atoms with Crippen LogP contribution in [0.4, 0.5) is 17.1 Å². The van der Waals surface area contributed by atoms with Gasteiger partial charge in [0.25, 0.3) is 0 Å². The third-order valence-corrected chi connectivity index (χ3v) is 12.3. The van der Waals surface area contributed by atoms with Crippen LogP contribution in [0.2, 0.25) is 0 Å². The first kappa shape index (κ1) is 28.0. The monoisotopic (exact) mass is 621 g/mol. The molecule has 0 aliphatic heterocycles. The summed E-state index contributed by atoms with van der Waals surface area (Å²) in [6, 6.07) is 52.5. The van der Waals surface area contributed by atoms with Crippen molar-refractivity contribution in [1.82, 2.24) is 0 Å². The number of fused-ring (bicyclic) bond motifs is 3. The highest BCUT2D eigenvalue weighted by Crippen LogP contribution is 2.70. The Morgan fingerprint density at radius 2 is 1.02 bits per heavy atom. The summed E-state index contributed by atoms with van der Waals surface area (Å²) >= 11 is 0. The Kier molecular flexibility index (Phi) is 6.25. The van der Waals surface area contributed by atoms with Crippen LogP contribution in [-0.4, -0.2) is 5.11 Å². The van der Waals surface area contributed by atoms with E-state index in [-0.39, 0.29) is 11.2 Å². The Balaban J connectivity index is 1.11. The van der Waals surface area contributed by atoms with Crippen molar-refractivity contribution < 1.29 is 5.11 Å². The van der Waals surface area contributed by atoms with Crippen LogP contribution in [0.1, 0.15) is 43.2 Å². The van der Waals surface area contributed by atoms with E-state index in [0.717, 1.165) is 40.7 Å². The number of anilines is 3. The second-order valence-electron chi connectivity index (χ2n) is 14.8. The Labute approximate surface area is 283 Å². The predicted octanol–water partition coefficient (Wildman–Crippen LogP) is 11.9. The Hall–Kier alpha value is -5.08. The average molecular weight is 622 g/mol. The minimum absolute atomic E-state index is 0.158. The van der Waals surface area contributed by atoms with Crippen molar-refractivity contribution in [3.05, 3.63) is 157 Å². The zero-order valence-electron chi connectivity index (χ0n) is 27.1. The first-order valence-electron chi connectivity index (χ1n) is 17.8. The minimum atomic E-state index is 0.158. The van der Waals surface area contributed by atoms with E-state index in [0.29, 0.717) is 0 Å². The molecule has 5 aliphatic carbocycles. The van der Waals surface area contributed by atoms with Gasteiger partial charge in [-0.3, -0.25) is 0 Å². The molecule has 2 heteroatoms. The molecule has 234 valence electrons. The van der Waals surface area contributed by atoms with E-state index < -0.39 is 0 Å². The molecule has 6 aromatic carbocycles. The Bertz CT molecular complexity index is 2120. The molecule has 1 N–H and O–H groups in total. The summed E-state index contributed by atoms with van der Waals surface area (Å²) in [7, 11) is 0. The fourth-order valence-electron chi connectivity index (χ4n) is 10.7. The summed E-state index contributed by atoms with van der Waals surface area (Å²) in [6.45, 7) is 0. The van der Waals surface area contributed by atoms with E-state index in [4.69, 9.17) is 0 Å². The largest absolute Gasteiger partial charge is 0.508 e. The SMILES string of the molecule is Oc1ccc(N(c2ccc(-c3ccccc3)cc2)c2cccc(-c3cccc4c3-c3ccccc3C43C4CC5CC(C4)CC3C5)c2)cc1. The number of phenols is 1. The highest BCUT2D eigenvalue weighted by atomic mass is 16.3. The number of hydrogen-bond acceptors (Lipinski definition) is 2. The molecule has 0 radical (unpaired) electrons. The molecule has 0 heterocycles. The first-order valence-corrected chi connectivity index (χ1v) is 17.8. The van der Waals surface area contributed by atoms with Crippen LogP contribution in [0.5, 0.6) is 5.75 Å². The van der Waals surface area contributed by atoms with Gasteiger partial charge >= 0.3 is 0 Å². The van der Waals surface area contributed by atoms with Crippen molar-refractivity contribution in [2.45, 2.75) is 37.5 Å². The number of nitrogens with zero attached hydrogens (tertiary/aromatic N) is 1. The number of benzene rings is 6. The summed E-state index contributed by atoms with van der Waals surface area (Å²) in [6.07, 6.45) is 7.05. The molecule has 11 rings (SSSR count). The maximum atomic E-state index is 10.2. The van der Waals surface area contributed by atoms with Crippen molar-refractivity contribution in [2.75, 3.05) is 4.90 Å². The van der Waals surface area contributed by atoms with E-state index in [2.05, 4.69) is 126 Å². The Morgan fingerprint density at radius 3 is 1.75 bits per heavy atom. The zero-order valence-corrected chi connectivity index (χ0v) is 27.1. The van der Waals surface area contributed by atoms with E-state index >= 15 is 0 Å². The second-order valence-corrected chi connectivity index (χ2v) is 14.8. The van der Waals surface area contributed by atoms with Crippen molar-refractivity contribution in [2.24, 2.45) is 23.7 Å². The summed E-state index contributed by atoms with van der Waals surface area (Å²) in [5.41, 5.74) is 14.4. The molecule has 0 unspecified atom stereocenters. The quantitative estimate of drug-likeness (QED) is 0.207. The van der Waals surface area contributed by atoms with E-state index in [1.54, 1.807) is 23.3 Å². The highest BCUT2D eigenvalue weighted by molar-refractivity contribution is 5.94. The van der Waals surface area contributed by atoms with Gasteiger partial charge in [0, 0.05) is 22.5 Å². The third kappa shape index (κ3) is 4.11. The molecule has 4 saturated carbocycles. The van der Waals surface area contributed by atoms with Crippen LogP contribution in [0.15, 0.2) is 146 Å². The smallest absolute Gasteiger partial charge is 0.115 e. The van der Waals surface area contributed by atoms with Gasteiger partial charge in [-0.1, -0.05) is 97.1 Å². The second kappa shape index (κ2) is 10.7. The fourth-order valence-corrected chi connectivity index (χ4v) is 10.7. The average Bonchev–Trinajstić information content (AvgIpc) is 3.43. The number of hydrogen-bond donors (Lipinski definition) is 1. The van der Waals surface area contributed by atoms with Gasteiger partial charge in [0.2, 0.25) is 0 Å². The van der Waals surface area contributed by atoms with Crippen LogP contribution in [0.25, 0.3) is 33.4 Å². The van der Waals surface area contributed by atoms with E-state index in [1.807, 2.05) is 12.1 Å². The molecule has 4 bridgehead atoms. The van der Waals surface area contributed by atoms with Gasteiger partial charge in [0.15, 0.2) is 0 Å². The molecule has 1 spiro atoms. The van der Waals surface area contributed by atoms with E-state index in [9.17, 15) is 5.11 Å². The van der Waals surface area contributed by atoms with Crippen LogP contribution in [0.3, 0.4) is 0 Å². The lowest BCUT2D eigenvalue weighted by atomic mass is 9.43. The van der Waals surface area contributed by atoms with Gasteiger partial charge < -0.3 is 10.0 Å². The molecule has 0 saturated heterocycles. The standard InChI is InChI=1S/C46H39NO/c48-40-22-20-38(21-23-40)47(37-18-16-33(17-19-37)32-8-2-1-3-9-32)39-11-6-10-34(29-39)41-13-7-15-44-45(41)42-12-4-5-14-43(42)46(44)35-25-30-24-31(27-35)28-36(46)26-30/h1-23,29-31,35-36,48H,24-28H2. The number of aromatic hydroxyl groups is 1. The van der Waals surface area contributed by atoms with Gasteiger partial charge in [-0.05, 0) is 149 Å². The summed E-state index contributed by atoms with van der Waals surface area (Å²) in [5, 5.41) is 10.2. The maximum Gasteiger partial charge on any atom is 0.115 e. The molecule has 5 aliphatic rings. The van der Waals surface area contributed by atoms with Crippen LogP contribution >= 0.6 is 0 Å². The minimum Gasteiger partial charge on any atom is -0.508 e. The van der Waals surface area contributed by atoms with Gasteiger partial charge in [-0.2, -0.15) is 0 Å². The lowest BCUT2D eigenvalue weighted by molar-refractivity contribution is -0.0399. The molecule has 2 nitrogen and oxygen atoms in total. The highest BCUT2D eigenvalue weighted by Gasteiger charge is 2.61. The van der Waals surface area contributed by atoms with Crippen molar-refractivity contribution >= 4 is 17.1 Å². The third-order valence-electron chi connectivity index (χ3n) is 12.3. The molecule has 48 heavy (non-hydrogen) atoms. The normalized spacial score (nSPS) is 24.4. The van der Waals surface area contributed by atoms with E-state index in [1.165, 1.54) is 65.5 Å². The summed E-state index contributed by atoms with van der Waals surface area (Å²) < 4.78 is 0. The lowest BCUT2D eigenvalue weighted by Gasteiger charge is -2.61. The maximum absolute atomic E-state index is 10.2. The van der Waals surface area contributed by atoms with Crippen LogP contribution < -0.4 is 4.90 Å². The molecule has 0 aromatic heterocycles. The molecule has 0 atom stereocenters. The number of rotatable bonds is 5.